The van der Waals surface area contributed by atoms with Crippen LogP contribution in [0.2, 0.25) is 0 Å². The van der Waals surface area contributed by atoms with Crippen LogP contribution in [0.5, 0.6) is 5.75 Å². The lowest BCUT2D eigenvalue weighted by atomic mass is 9.84. The molecule has 1 aromatic carbocycles. The molecule has 0 amide bonds. The van der Waals surface area contributed by atoms with Gasteiger partial charge in [-0.3, -0.25) is 0 Å². The maximum Gasteiger partial charge on any atom is 0.129 e. The smallest absolute Gasteiger partial charge is 0.129 e. The normalized spacial score (nSPS) is 24.7. The average Bonchev–Trinajstić information content (AvgIpc) is 2.18. The molecule has 1 nitrogen and oxygen atoms in total. The molecule has 1 fully saturated rings. The third kappa shape index (κ3) is 2.28. The van der Waals surface area contributed by atoms with E-state index >= 15 is 0 Å². The maximum absolute atomic E-state index is 13.0. The first-order valence-corrected chi connectivity index (χ1v) is 5.20. The van der Waals surface area contributed by atoms with E-state index in [1.807, 2.05) is 0 Å². The average molecular weight is 212 g/mol. The minimum Gasteiger partial charge on any atom is -0.490 e. The van der Waals surface area contributed by atoms with Crippen LogP contribution in [0.4, 0.5) is 8.78 Å². The van der Waals surface area contributed by atoms with Crippen LogP contribution in [0.15, 0.2) is 18.2 Å². The van der Waals surface area contributed by atoms with Crippen molar-refractivity contribution in [3.05, 3.63) is 29.6 Å². The predicted molar refractivity (Wildman–Crippen MR) is 54.0 cm³/mol. The molecular formula is C12H14F2O. The fourth-order valence-corrected chi connectivity index (χ4v) is 1.84. The lowest BCUT2D eigenvalue weighted by Gasteiger charge is -2.32. The molecule has 0 aliphatic heterocycles. The highest BCUT2D eigenvalue weighted by Gasteiger charge is 2.27. The molecule has 0 saturated heterocycles. The van der Waals surface area contributed by atoms with Crippen LogP contribution in [-0.4, -0.2) is 6.10 Å². The minimum atomic E-state index is -0.788. The van der Waals surface area contributed by atoms with Crippen molar-refractivity contribution in [1.29, 1.82) is 0 Å². The van der Waals surface area contributed by atoms with Gasteiger partial charge in [-0.2, -0.15) is 0 Å². The van der Waals surface area contributed by atoms with E-state index in [1.54, 1.807) is 6.07 Å². The Bertz CT molecular complexity index is 345. The Morgan fingerprint density at radius 3 is 2.73 bits per heavy atom. The van der Waals surface area contributed by atoms with Gasteiger partial charge in [-0.1, -0.05) is 6.92 Å². The monoisotopic (exact) mass is 212 g/mol. The van der Waals surface area contributed by atoms with Gasteiger partial charge in [0.2, 0.25) is 0 Å². The number of hydrogen-bond donors (Lipinski definition) is 0. The predicted octanol–water partition coefficient (Wildman–Crippen LogP) is 3.47. The summed E-state index contributed by atoms with van der Waals surface area (Å²) in [6, 6.07) is 4.25. The molecule has 0 aromatic heterocycles. The van der Waals surface area contributed by atoms with Crippen LogP contribution in [0.25, 0.3) is 0 Å². The van der Waals surface area contributed by atoms with Gasteiger partial charge in [0.05, 0.1) is 6.10 Å². The Morgan fingerprint density at radius 1 is 1.40 bits per heavy atom. The quantitative estimate of drug-likeness (QED) is 0.745. The fraction of sp³-hybridized carbons (Fsp3) is 0.500. The van der Waals surface area contributed by atoms with Gasteiger partial charge in [-0.25, -0.2) is 8.78 Å². The molecule has 0 bridgehead atoms. The number of alkyl halides is 1. The molecule has 3 heteroatoms. The van der Waals surface area contributed by atoms with Gasteiger partial charge in [0.25, 0.3) is 0 Å². The number of halogens is 2. The van der Waals surface area contributed by atoms with Gasteiger partial charge >= 0.3 is 0 Å². The third-order valence-electron chi connectivity index (χ3n) is 2.79. The van der Waals surface area contributed by atoms with Gasteiger partial charge < -0.3 is 4.74 Å². The van der Waals surface area contributed by atoms with Crippen molar-refractivity contribution in [3.63, 3.8) is 0 Å². The molecule has 0 atom stereocenters. The van der Waals surface area contributed by atoms with Gasteiger partial charge in [-0.05, 0) is 37.0 Å². The van der Waals surface area contributed by atoms with Crippen LogP contribution < -0.4 is 4.74 Å². The highest BCUT2D eigenvalue weighted by Crippen LogP contribution is 2.31. The van der Waals surface area contributed by atoms with Crippen molar-refractivity contribution in [2.24, 2.45) is 5.92 Å². The summed E-state index contributed by atoms with van der Waals surface area (Å²) >= 11 is 0. The molecule has 1 aliphatic carbocycles. The van der Waals surface area contributed by atoms with E-state index in [0.717, 1.165) is 12.8 Å². The summed E-state index contributed by atoms with van der Waals surface area (Å²) in [5, 5.41) is 0. The molecule has 2 rings (SSSR count). The Balaban J connectivity index is 2.02. The second kappa shape index (κ2) is 4.17. The van der Waals surface area contributed by atoms with Gasteiger partial charge in [0, 0.05) is 5.56 Å². The van der Waals surface area contributed by atoms with Gasteiger partial charge in [0.15, 0.2) is 0 Å². The van der Waals surface area contributed by atoms with Gasteiger partial charge in [-0.15, -0.1) is 0 Å². The summed E-state index contributed by atoms with van der Waals surface area (Å²) < 4.78 is 30.9. The number of ether oxygens (including phenoxy) is 1. The highest BCUT2D eigenvalue weighted by atomic mass is 19.1. The SMILES string of the molecule is CC1CC(Oc2ccc(F)c(CF)c2)C1. The number of hydrogen-bond acceptors (Lipinski definition) is 1. The Morgan fingerprint density at radius 2 is 2.13 bits per heavy atom. The zero-order valence-corrected chi connectivity index (χ0v) is 8.67. The Kier molecular flexibility index (Phi) is 2.89. The van der Waals surface area contributed by atoms with E-state index in [9.17, 15) is 8.78 Å². The molecule has 0 heterocycles. The molecule has 0 spiro atoms. The largest absolute Gasteiger partial charge is 0.490 e. The zero-order chi connectivity index (χ0) is 10.8. The zero-order valence-electron chi connectivity index (χ0n) is 8.67. The number of benzene rings is 1. The molecule has 0 N–H and O–H groups in total. The topological polar surface area (TPSA) is 9.23 Å². The van der Waals surface area contributed by atoms with Crippen LogP contribution in [0, 0.1) is 11.7 Å². The first kappa shape index (κ1) is 10.4. The lowest BCUT2D eigenvalue weighted by Crippen LogP contribution is -2.31. The summed E-state index contributed by atoms with van der Waals surface area (Å²) in [4.78, 5) is 0. The van der Waals surface area contributed by atoms with Crippen molar-refractivity contribution in [1.82, 2.24) is 0 Å². The molecule has 0 radical (unpaired) electrons. The maximum atomic E-state index is 13.0. The van der Waals surface area contributed by atoms with Crippen LogP contribution in [-0.2, 0) is 6.67 Å². The van der Waals surface area contributed by atoms with E-state index in [0.29, 0.717) is 11.7 Å². The number of rotatable bonds is 3. The molecule has 0 unspecified atom stereocenters. The second-order valence-electron chi connectivity index (χ2n) is 4.20. The van der Waals surface area contributed by atoms with Crippen LogP contribution in [0.1, 0.15) is 25.3 Å². The Hall–Kier alpha value is -1.12. The second-order valence-corrected chi connectivity index (χ2v) is 4.20. The van der Waals surface area contributed by atoms with Crippen LogP contribution in [0.3, 0.4) is 0 Å². The van der Waals surface area contributed by atoms with Gasteiger partial charge in [0.1, 0.15) is 18.2 Å². The first-order valence-electron chi connectivity index (χ1n) is 5.20. The van der Waals surface area contributed by atoms with Crippen molar-refractivity contribution < 1.29 is 13.5 Å². The summed E-state index contributed by atoms with van der Waals surface area (Å²) in [7, 11) is 0. The minimum absolute atomic E-state index is 0.0693. The molecule has 1 saturated carbocycles. The Labute approximate surface area is 88.1 Å². The van der Waals surface area contributed by atoms with E-state index in [2.05, 4.69) is 6.92 Å². The lowest BCUT2D eigenvalue weighted by molar-refractivity contribution is 0.0736. The summed E-state index contributed by atoms with van der Waals surface area (Å²) in [6.07, 6.45) is 2.28. The molecular weight excluding hydrogens is 198 g/mol. The fourth-order valence-electron chi connectivity index (χ4n) is 1.84. The summed E-state index contributed by atoms with van der Waals surface area (Å²) in [5.41, 5.74) is 0.0693. The first-order chi connectivity index (χ1) is 7.19. The third-order valence-corrected chi connectivity index (χ3v) is 2.79. The van der Waals surface area contributed by atoms with E-state index in [4.69, 9.17) is 4.74 Å². The molecule has 1 aromatic rings. The molecule has 15 heavy (non-hydrogen) atoms. The van der Waals surface area contributed by atoms with E-state index in [-0.39, 0.29) is 11.7 Å². The highest BCUT2D eigenvalue weighted by molar-refractivity contribution is 5.29. The summed E-state index contributed by atoms with van der Waals surface area (Å²) in [5.74, 6) is 0.767. The van der Waals surface area contributed by atoms with Crippen molar-refractivity contribution in [2.75, 3.05) is 0 Å². The molecule has 82 valence electrons. The van der Waals surface area contributed by atoms with E-state index < -0.39 is 12.5 Å². The van der Waals surface area contributed by atoms with E-state index in [1.165, 1.54) is 12.1 Å². The standard InChI is InChI=1S/C12H14F2O/c1-8-4-11(5-8)15-10-2-3-12(14)9(6-10)7-13/h2-3,6,8,11H,4-5,7H2,1H3. The summed E-state index contributed by atoms with van der Waals surface area (Å²) in [6.45, 7) is 1.38. The van der Waals surface area contributed by atoms with Crippen molar-refractivity contribution >= 4 is 0 Å². The van der Waals surface area contributed by atoms with Crippen LogP contribution >= 0.6 is 0 Å². The molecule has 1 aliphatic rings. The van der Waals surface area contributed by atoms with Crippen molar-refractivity contribution in [3.8, 4) is 5.75 Å². The van der Waals surface area contributed by atoms with Crippen molar-refractivity contribution in [2.45, 2.75) is 32.5 Å².